The normalized spacial score (nSPS) is 20.2. The number of aromatic nitrogens is 2. The number of likely N-dealkylation sites (tertiary alicyclic amines) is 1. The van der Waals surface area contributed by atoms with Crippen molar-refractivity contribution in [2.75, 3.05) is 13.1 Å². The summed E-state index contributed by atoms with van der Waals surface area (Å²) in [6.45, 7) is 2.19. The smallest absolute Gasteiger partial charge is 0.317 e. The first-order chi connectivity index (χ1) is 12.2. The molecule has 25 heavy (non-hydrogen) atoms. The van der Waals surface area contributed by atoms with E-state index < -0.39 is 5.60 Å². The summed E-state index contributed by atoms with van der Waals surface area (Å²) in [6.07, 6.45) is 4.31. The predicted molar refractivity (Wildman–Crippen MR) is 90.7 cm³/mol. The van der Waals surface area contributed by atoms with Gasteiger partial charge in [-0.25, -0.2) is 14.8 Å². The number of nitrogens with one attached hydrogen (secondary N) is 1. The standard InChI is InChI=1S/C19H20N4O2/c24-18(21-8-13-4-2-1-3-5-13)23-11-19(12-23)15-9-20-17(14-6-7-14)22-16(15)10-25-19/h1-5,9,14H,6-8,10-12H2,(H,21,24). The highest BCUT2D eigenvalue weighted by atomic mass is 16.5. The Kier molecular flexibility index (Phi) is 3.28. The molecule has 1 aromatic carbocycles. The first kappa shape index (κ1) is 14.8. The van der Waals surface area contributed by atoms with Crippen LogP contribution >= 0.6 is 0 Å². The van der Waals surface area contributed by atoms with Gasteiger partial charge in [0.05, 0.1) is 25.4 Å². The Bertz CT molecular complexity index is 813. The van der Waals surface area contributed by atoms with Gasteiger partial charge in [0.1, 0.15) is 11.4 Å². The van der Waals surface area contributed by atoms with Crippen molar-refractivity contribution in [3.8, 4) is 0 Å². The number of rotatable bonds is 3. The molecule has 0 unspecified atom stereocenters. The number of nitrogens with zero attached hydrogens (tertiary/aromatic N) is 3. The van der Waals surface area contributed by atoms with Crippen molar-refractivity contribution in [1.82, 2.24) is 20.2 Å². The number of urea groups is 1. The van der Waals surface area contributed by atoms with Crippen LogP contribution in [0.5, 0.6) is 0 Å². The molecule has 3 heterocycles. The minimum absolute atomic E-state index is 0.0537. The zero-order chi connectivity index (χ0) is 16.9. The highest BCUT2D eigenvalue weighted by Gasteiger charge is 2.52. The first-order valence-corrected chi connectivity index (χ1v) is 8.80. The number of fused-ring (bicyclic) bond motifs is 2. The third-order valence-corrected chi connectivity index (χ3v) is 5.27. The summed E-state index contributed by atoms with van der Waals surface area (Å²) in [5.41, 5.74) is 2.75. The molecule has 2 aliphatic heterocycles. The minimum atomic E-state index is -0.401. The van der Waals surface area contributed by atoms with Crippen molar-refractivity contribution in [3.63, 3.8) is 0 Å². The van der Waals surface area contributed by atoms with Crippen LogP contribution in [-0.2, 0) is 23.5 Å². The van der Waals surface area contributed by atoms with E-state index in [4.69, 9.17) is 4.74 Å². The van der Waals surface area contributed by atoms with Crippen LogP contribution in [0.2, 0.25) is 0 Å². The lowest BCUT2D eigenvalue weighted by atomic mass is 9.88. The van der Waals surface area contributed by atoms with Gasteiger partial charge >= 0.3 is 6.03 Å². The summed E-state index contributed by atoms with van der Waals surface area (Å²) in [5.74, 6) is 1.50. The van der Waals surface area contributed by atoms with Crippen molar-refractivity contribution in [3.05, 3.63) is 59.2 Å². The molecule has 1 N–H and O–H groups in total. The lowest BCUT2D eigenvalue weighted by molar-refractivity contribution is -0.124. The second kappa shape index (κ2) is 5.52. The van der Waals surface area contributed by atoms with Crippen LogP contribution in [0.4, 0.5) is 4.79 Å². The number of benzene rings is 1. The molecule has 1 spiro atoms. The highest BCUT2D eigenvalue weighted by molar-refractivity contribution is 5.75. The number of ether oxygens (including phenoxy) is 1. The Morgan fingerprint density at radius 3 is 2.84 bits per heavy atom. The van der Waals surface area contributed by atoms with Crippen LogP contribution in [-0.4, -0.2) is 34.0 Å². The molecule has 0 radical (unpaired) electrons. The highest BCUT2D eigenvalue weighted by Crippen LogP contribution is 2.44. The summed E-state index contributed by atoms with van der Waals surface area (Å²) < 4.78 is 6.02. The van der Waals surface area contributed by atoms with E-state index in [9.17, 15) is 4.79 Å². The Balaban J connectivity index is 1.22. The molecule has 2 fully saturated rings. The topological polar surface area (TPSA) is 67.4 Å². The molecule has 0 atom stereocenters. The van der Waals surface area contributed by atoms with Crippen molar-refractivity contribution in [1.29, 1.82) is 0 Å². The lowest BCUT2D eigenvalue weighted by Gasteiger charge is -2.46. The van der Waals surface area contributed by atoms with E-state index in [2.05, 4.69) is 15.3 Å². The summed E-state index contributed by atoms with van der Waals surface area (Å²) in [4.78, 5) is 23.3. The molecule has 1 aromatic heterocycles. The fourth-order valence-corrected chi connectivity index (χ4v) is 3.61. The first-order valence-electron chi connectivity index (χ1n) is 8.80. The molecule has 5 rings (SSSR count). The molecule has 2 aromatic rings. The Labute approximate surface area is 146 Å². The third kappa shape index (κ3) is 2.57. The van der Waals surface area contributed by atoms with Gasteiger partial charge < -0.3 is 15.0 Å². The maximum atomic E-state index is 12.3. The minimum Gasteiger partial charge on any atom is -0.360 e. The molecule has 3 aliphatic rings. The number of carbonyl (C=O) groups excluding carboxylic acids is 1. The Morgan fingerprint density at radius 2 is 2.08 bits per heavy atom. The molecule has 6 heteroatoms. The molecule has 2 amide bonds. The number of amides is 2. The summed E-state index contributed by atoms with van der Waals surface area (Å²) in [6, 6.07) is 9.86. The molecule has 0 bridgehead atoms. The second-order valence-corrected chi connectivity index (χ2v) is 7.15. The van der Waals surface area contributed by atoms with E-state index in [-0.39, 0.29) is 6.03 Å². The van der Waals surface area contributed by atoms with Crippen LogP contribution in [0.3, 0.4) is 0 Å². The maximum absolute atomic E-state index is 12.3. The zero-order valence-corrected chi connectivity index (χ0v) is 13.9. The van der Waals surface area contributed by atoms with Gasteiger partial charge in [0.2, 0.25) is 0 Å². The Hall–Kier alpha value is -2.47. The molecule has 128 valence electrons. The van der Waals surface area contributed by atoms with Crippen LogP contribution in [0.15, 0.2) is 36.5 Å². The van der Waals surface area contributed by atoms with E-state index in [1.165, 1.54) is 12.8 Å². The molecule has 1 aliphatic carbocycles. The molecule has 1 saturated heterocycles. The molecular formula is C19H20N4O2. The third-order valence-electron chi connectivity index (χ3n) is 5.27. The van der Waals surface area contributed by atoms with E-state index in [1.54, 1.807) is 4.90 Å². The largest absolute Gasteiger partial charge is 0.360 e. The zero-order valence-electron chi connectivity index (χ0n) is 13.9. The van der Waals surface area contributed by atoms with E-state index in [0.717, 1.165) is 22.6 Å². The fraction of sp³-hybridized carbons (Fsp3) is 0.421. The van der Waals surface area contributed by atoms with Crippen LogP contribution in [0.25, 0.3) is 0 Å². The maximum Gasteiger partial charge on any atom is 0.317 e. The van der Waals surface area contributed by atoms with Crippen molar-refractivity contribution in [2.45, 2.75) is 37.5 Å². The second-order valence-electron chi connectivity index (χ2n) is 7.15. The average molecular weight is 336 g/mol. The van der Waals surface area contributed by atoms with Crippen molar-refractivity contribution < 1.29 is 9.53 Å². The summed E-state index contributed by atoms with van der Waals surface area (Å²) >= 11 is 0. The molecular weight excluding hydrogens is 316 g/mol. The number of hydrogen-bond acceptors (Lipinski definition) is 4. The van der Waals surface area contributed by atoms with Crippen LogP contribution in [0, 0.1) is 0 Å². The Morgan fingerprint density at radius 1 is 1.28 bits per heavy atom. The van der Waals surface area contributed by atoms with Crippen LogP contribution in [0.1, 0.15) is 41.4 Å². The summed E-state index contributed by atoms with van der Waals surface area (Å²) in [5, 5.41) is 2.96. The van der Waals surface area contributed by atoms with Gasteiger partial charge in [-0.05, 0) is 18.4 Å². The van der Waals surface area contributed by atoms with E-state index in [0.29, 0.717) is 32.2 Å². The van der Waals surface area contributed by atoms with Crippen molar-refractivity contribution in [2.24, 2.45) is 0 Å². The number of carbonyl (C=O) groups is 1. The van der Waals surface area contributed by atoms with E-state index in [1.807, 2.05) is 36.5 Å². The van der Waals surface area contributed by atoms with Gasteiger partial charge in [0.25, 0.3) is 0 Å². The van der Waals surface area contributed by atoms with Gasteiger partial charge in [-0.1, -0.05) is 30.3 Å². The monoisotopic (exact) mass is 336 g/mol. The fourth-order valence-electron chi connectivity index (χ4n) is 3.61. The van der Waals surface area contributed by atoms with Gasteiger partial charge in [0.15, 0.2) is 0 Å². The average Bonchev–Trinajstić information content (AvgIpc) is 3.39. The molecule has 6 nitrogen and oxygen atoms in total. The van der Waals surface area contributed by atoms with Gasteiger partial charge in [-0.2, -0.15) is 0 Å². The van der Waals surface area contributed by atoms with Gasteiger partial charge in [0, 0.05) is 24.2 Å². The predicted octanol–water partition coefficient (Wildman–Crippen LogP) is 2.30. The van der Waals surface area contributed by atoms with Crippen molar-refractivity contribution >= 4 is 6.03 Å². The number of hydrogen-bond donors (Lipinski definition) is 1. The van der Waals surface area contributed by atoms with Gasteiger partial charge in [-0.3, -0.25) is 0 Å². The van der Waals surface area contributed by atoms with E-state index >= 15 is 0 Å². The van der Waals surface area contributed by atoms with Gasteiger partial charge in [-0.15, -0.1) is 0 Å². The SMILES string of the molecule is O=C(NCc1ccccc1)N1CC2(C1)OCc1nc(C3CC3)ncc12. The van der Waals surface area contributed by atoms with Crippen LogP contribution < -0.4 is 5.32 Å². The quantitative estimate of drug-likeness (QED) is 0.934. The molecule has 1 saturated carbocycles. The summed E-state index contributed by atoms with van der Waals surface area (Å²) in [7, 11) is 0. The lowest BCUT2D eigenvalue weighted by Crippen LogP contribution is -2.63.